The Morgan fingerprint density at radius 3 is 2.78 bits per heavy atom. The summed E-state index contributed by atoms with van der Waals surface area (Å²) in [5, 5.41) is 20.8. The van der Waals surface area contributed by atoms with Gasteiger partial charge in [-0.05, 0) is 28.0 Å². The van der Waals surface area contributed by atoms with Gasteiger partial charge < -0.3 is 10.5 Å². The van der Waals surface area contributed by atoms with E-state index < -0.39 is 0 Å². The fraction of sp³-hybridized carbons (Fsp3) is 0.0588. The van der Waals surface area contributed by atoms with Crippen LogP contribution in [0.25, 0.3) is 11.3 Å². The summed E-state index contributed by atoms with van der Waals surface area (Å²) in [6, 6.07) is 14.1. The quantitative estimate of drug-likeness (QED) is 0.758. The van der Waals surface area contributed by atoms with Gasteiger partial charge in [-0.2, -0.15) is 16.6 Å². The zero-order valence-corrected chi connectivity index (χ0v) is 12.8. The Kier molecular flexibility index (Phi) is 3.14. The standard InChI is InChI=1S/C17H12N4OS/c18-8-12-13(11-6-7-23-9-11)14-15(10-4-2-1-3-5-10)20-21-17(14)22-16(12)19/h1-7,9,13H,19H2,(H,20,21)/t13-/m0/s1. The van der Waals surface area contributed by atoms with Crippen LogP contribution in [0.3, 0.4) is 0 Å². The summed E-state index contributed by atoms with van der Waals surface area (Å²) in [5.41, 5.74) is 10.0. The molecule has 0 amide bonds. The Bertz CT molecular complexity index is 919. The van der Waals surface area contributed by atoms with E-state index in [-0.39, 0.29) is 11.8 Å². The molecule has 0 radical (unpaired) electrons. The van der Waals surface area contributed by atoms with Crippen LogP contribution in [-0.4, -0.2) is 10.2 Å². The Balaban J connectivity index is 1.96. The molecule has 3 heterocycles. The molecule has 6 heteroatoms. The van der Waals surface area contributed by atoms with Gasteiger partial charge in [0, 0.05) is 0 Å². The van der Waals surface area contributed by atoms with Crippen LogP contribution >= 0.6 is 11.3 Å². The third-order valence-electron chi connectivity index (χ3n) is 3.88. The zero-order valence-electron chi connectivity index (χ0n) is 12.0. The SMILES string of the molecule is N#CC1=C(N)Oc2n[nH]c(-c3ccccc3)c2[C@H]1c1ccsc1. The monoisotopic (exact) mass is 320 g/mol. The summed E-state index contributed by atoms with van der Waals surface area (Å²) < 4.78 is 5.56. The van der Waals surface area contributed by atoms with Crippen LogP contribution in [0.1, 0.15) is 17.0 Å². The van der Waals surface area contributed by atoms with E-state index in [2.05, 4.69) is 16.3 Å². The van der Waals surface area contributed by atoms with E-state index in [0.717, 1.165) is 22.4 Å². The average molecular weight is 320 g/mol. The number of benzene rings is 1. The first-order valence-electron chi connectivity index (χ1n) is 7.03. The van der Waals surface area contributed by atoms with Crippen molar-refractivity contribution >= 4 is 11.3 Å². The molecule has 1 aromatic carbocycles. The normalized spacial score (nSPS) is 16.6. The Morgan fingerprint density at radius 2 is 2.09 bits per heavy atom. The minimum Gasteiger partial charge on any atom is -0.420 e. The highest BCUT2D eigenvalue weighted by Crippen LogP contribution is 2.45. The minimum absolute atomic E-state index is 0.113. The first kappa shape index (κ1) is 13.6. The summed E-state index contributed by atoms with van der Waals surface area (Å²) >= 11 is 1.58. The highest BCUT2D eigenvalue weighted by Gasteiger charge is 2.35. The van der Waals surface area contributed by atoms with E-state index in [0.29, 0.717) is 11.5 Å². The number of nitrogens with two attached hydrogens (primary N) is 1. The highest BCUT2D eigenvalue weighted by atomic mass is 32.1. The molecule has 23 heavy (non-hydrogen) atoms. The van der Waals surface area contributed by atoms with Crippen LogP contribution in [-0.2, 0) is 0 Å². The second-order valence-corrected chi connectivity index (χ2v) is 5.94. The summed E-state index contributed by atoms with van der Waals surface area (Å²) in [6.07, 6.45) is 0. The minimum atomic E-state index is -0.274. The number of ether oxygens (including phenoxy) is 1. The molecule has 3 aromatic rings. The molecule has 2 aromatic heterocycles. The van der Waals surface area contributed by atoms with Gasteiger partial charge in [0.2, 0.25) is 11.8 Å². The molecule has 0 spiro atoms. The lowest BCUT2D eigenvalue weighted by Crippen LogP contribution is -2.20. The van der Waals surface area contributed by atoms with Gasteiger partial charge in [-0.15, -0.1) is 5.10 Å². The number of H-pyrrole nitrogens is 1. The number of thiophene rings is 1. The number of aromatic amines is 1. The van der Waals surface area contributed by atoms with Crippen molar-refractivity contribution in [3.63, 3.8) is 0 Å². The third kappa shape index (κ3) is 2.10. The smallest absolute Gasteiger partial charge is 0.244 e. The van der Waals surface area contributed by atoms with E-state index in [1.165, 1.54) is 0 Å². The predicted octanol–water partition coefficient (Wildman–Crippen LogP) is 3.36. The molecule has 5 nitrogen and oxygen atoms in total. The maximum atomic E-state index is 9.56. The van der Waals surface area contributed by atoms with Crippen LogP contribution in [0.4, 0.5) is 0 Å². The Hall–Kier alpha value is -3.04. The van der Waals surface area contributed by atoms with Crippen molar-refractivity contribution in [2.45, 2.75) is 5.92 Å². The molecule has 3 N–H and O–H groups in total. The predicted molar refractivity (Wildman–Crippen MR) is 87.6 cm³/mol. The summed E-state index contributed by atoms with van der Waals surface area (Å²) in [6.45, 7) is 0. The van der Waals surface area contributed by atoms with Crippen molar-refractivity contribution in [1.29, 1.82) is 5.26 Å². The Labute approximate surface area is 136 Å². The lowest BCUT2D eigenvalue weighted by atomic mass is 9.84. The van der Waals surface area contributed by atoms with Gasteiger partial charge >= 0.3 is 0 Å². The first-order chi connectivity index (χ1) is 11.3. The maximum absolute atomic E-state index is 9.56. The van der Waals surface area contributed by atoms with E-state index in [1.807, 2.05) is 47.2 Å². The number of nitriles is 1. The van der Waals surface area contributed by atoms with Crippen LogP contribution in [0.15, 0.2) is 58.6 Å². The van der Waals surface area contributed by atoms with Crippen LogP contribution in [0.2, 0.25) is 0 Å². The lowest BCUT2D eigenvalue weighted by molar-refractivity contribution is 0.379. The second kappa shape index (κ2) is 5.30. The number of nitrogens with one attached hydrogen (secondary N) is 1. The van der Waals surface area contributed by atoms with E-state index >= 15 is 0 Å². The molecule has 112 valence electrons. The number of allylic oxidation sites excluding steroid dienone is 1. The third-order valence-corrected chi connectivity index (χ3v) is 4.58. The summed E-state index contributed by atoms with van der Waals surface area (Å²) in [7, 11) is 0. The van der Waals surface area contributed by atoms with E-state index in [1.54, 1.807) is 11.3 Å². The van der Waals surface area contributed by atoms with Gasteiger partial charge in [-0.3, -0.25) is 5.10 Å². The Morgan fingerprint density at radius 1 is 1.26 bits per heavy atom. The fourth-order valence-electron chi connectivity index (χ4n) is 2.84. The molecule has 4 rings (SSSR count). The van der Waals surface area contributed by atoms with Crippen molar-refractivity contribution in [3.8, 4) is 23.2 Å². The van der Waals surface area contributed by atoms with E-state index in [4.69, 9.17) is 10.5 Å². The van der Waals surface area contributed by atoms with Gasteiger partial charge in [0.15, 0.2) is 0 Å². The molecular weight excluding hydrogens is 308 g/mol. The number of aromatic nitrogens is 2. The zero-order chi connectivity index (χ0) is 15.8. The molecule has 1 atom stereocenters. The summed E-state index contributed by atoms with van der Waals surface area (Å²) in [5.74, 6) is 0.267. The molecular formula is C17H12N4OS. The second-order valence-electron chi connectivity index (χ2n) is 5.16. The fourth-order valence-corrected chi connectivity index (χ4v) is 3.53. The van der Waals surface area contributed by atoms with Crippen molar-refractivity contribution in [3.05, 3.63) is 69.7 Å². The summed E-state index contributed by atoms with van der Waals surface area (Å²) in [4.78, 5) is 0. The molecule has 1 aliphatic rings. The van der Waals surface area contributed by atoms with E-state index in [9.17, 15) is 5.26 Å². The van der Waals surface area contributed by atoms with Gasteiger partial charge in [0.05, 0.1) is 17.2 Å². The number of nitrogens with zero attached hydrogens (tertiary/aromatic N) is 2. The molecule has 0 bridgehead atoms. The topological polar surface area (TPSA) is 87.7 Å². The molecule has 0 saturated heterocycles. The maximum Gasteiger partial charge on any atom is 0.244 e. The van der Waals surface area contributed by atoms with Gasteiger partial charge in [-0.1, -0.05) is 30.3 Å². The highest BCUT2D eigenvalue weighted by molar-refractivity contribution is 7.08. The molecule has 0 aliphatic carbocycles. The number of hydrogen-bond acceptors (Lipinski definition) is 5. The van der Waals surface area contributed by atoms with Crippen LogP contribution < -0.4 is 10.5 Å². The van der Waals surface area contributed by atoms with Crippen molar-refractivity contribution in [2.75, 3.05) is 0 Å². The molecule has 0 fully saturated rings. The molecule has 1 aliphatic heterocycles. The molecule has 0 saturated carbocycles. The van der Waals surface area contributed by atoms with Crippen LogP contribution in [0, 0.1) is 11.3 Å². The number of hydrogen-bond donors (Lipinski definition) is 2. The number of fused-ring (bicyclic) bond motifs is 1. The first-order valence-corrected chi connectivity index (χ1v) is 7.97. The van der Waals surface area contributed by atoms with Crippen molar-refractivity contribution in [2.24, 2.45) is 5.73 Å². The van der Waals surface area contributed by atoms with Crippen molar-refractivity contribution < 1.29 is 4.74 Å². The van der Waals surface area contributed by atoms with Gasteiger partial charge in [0.1, 0.15) is 11.6 Å². The van der Waals surface area contributed by atoms with Gasteiger partial charge in [0.25, 0.3) is 0 Å². The average Bonchev–Trinajstić information content (AvgIpc) is 3.24. The molecule has 0 unspecified atom stereocenters. The van der Waals surface area contributed by atoms with Crippen LogP contribution in [0.5, 0.6) is 5.88 Å². The lowest BCUT2D eigenvalue weighted by Gasteiger charge is -2.23. The number of rotatable bonds is 2. The largest absolute Gasteiger partial charge is 0.420 e. The van der Waals surface area contributed by atoms with Crippen molar-refractivity contribution in [1.82, 2.24) is 10.2 Å². The van der Waals surface area contributed by atoms with Gasteiger partial charge in [-0.25, -0.2) is 0 Å².